The maximum atomic E-state index is 12.1. The SMILES string of the molecule is CC(=O)CC1c2ccccc2C(=O)N1CCO. The summed E-state index contributed by atoms with van der Waals surface area (Å²) in [5, 5.41) is 9.00. The van der Waals surface area contributed by atoms with Gasteiger partial charge in [-0.15, -0.1) is 0 Å². The van der Waals surface area contributed by atoms with Gasteiger partial charge in [0.15, 0.2) is 0 Å². The highest BCUT2D eigenvalue weighted by atomic mass is 16.3. The molecule has 0 spiro atoms. The van der Waals surface area contributed by atoms with Crippen molar-refractivity contribution < 1.29 is 14.7 Å². The number of hydrogen-bond acceptors (Lipinski definition) is 3. The standard InChI is InChI=1S/C13H15NO3/c1-9(16)8-12-10-4-2-3-5-11(10)13(17)14(12)6-7-15/h2-5,12,15H,6-8H2,1H3. The number of hydrogen-bond donors (Lipinski definition) is 1. The Morgan fingerprint density at radius 1 is 1.41 bits per heavy atom. The van der Waals surface area contributed by atoms with Crippen molar-refractivity contribution in [1.82, 2.24) is 4.90 Å². The van der Waals surface area contributed by atoms with Crippen molar-refractivity contribution in [2.75, 3.05) is 13.2 Å². The number of aliphatic hydroxyl groups excluding tert-OH is 1. The first kappa shape index (κ1) is 11.8. The van der Waals surface area contributed by atoms with Crippen LogP contribution in [0.3, 0.4) is 0 Å². The minimum atomic E-state index is -0.219. The monoisotopic (exact) mass is 233 g/mol. The van der Waals surface area contributed by atoms with Crippen LogP contribution in [0.5, 0.6) is 0 Å². The van der Waals surface area contributed by atoms with Gasteiger partial charge in [0, 0.05) is 18.5 Å². The molecule has 1 heterocycles. The van der Waals surface area contributed by atoms with Crippen LogP contribution in [0.4, 0.5) is 0 Å². The molecule has 1 aromatic carbocycles. The predicted molar refractivity (Wildman–Crippen MR) is 62.6 cm³/mol. The third kappa shape index (κ3) is 2.08. The molecule has 1 aliphatic heterocycles. The highest BCUT2D eigenvalue weighted by molar-refractivity contribution is 5.99. The molecular weight excluding hydrogens is 218 g/mol. The quantitative estimate of drug-likeness (QED) is 0.848. The number of β-amino-alcohol motifs (C(OH)–C–C–N with tert-alkyl or cyclic N) is 1. The Morgan fingerprint density at radius 3 is 2.76 bits per heavy atom. The van der Waals surface area contributed by atoms with Gasteiger partial charge >= 0.3 is 0 Å². The van der Waals surface area contributed by atoms with Crippen LogP contribution in [0.25, 0.3) is 0 Å². The minimum absolute atomic E-state index is 0.0439. The first-order valence-electron chi connectivity index (χ1n) is 5.65. The van der Waals surface area contributed by atoms with Crippen molar-refractivity contribution in [1.29, 1.82) is 0 Å². The maximum absolute atomic E-state index is 12.1. The van der Waals surface area contributed by atoms with E-state index in [-0.39, 0.29) is 30.9 Å². The second-order valence-corrected chi connectivity index (χ2v) is 4.23. The molecule has 0 radical (unpaired) electrons. The normalized spacial score (nSPS) is 18.4. The molecule has 90 valence electrons. The molecule has 0 aromatic heterocycles. The smallest absolute Gasteiger partial charge is 0.254 e. The van der Waals surface area contributed by atoms with Crippen LogP contribution < -0.4 is 0 Å². The van der Waals surface area contributed by atoms with Gasteiger partial charge in [-0.3, -0.25) is 9.59 Å². The number of carbonyl (C=O) groups excluding carboxylic acids is 2. The number of nitrogens with zero attached hydrogens (tertiary/aromatic N) is 1. The van der Waals surface area contributed by atoms with Gasteiger partial charge in [0.2, 0.25) is 0 Å². The molecule has 0 bridgehead atoms. The third-order valence-corrected chi connectivity index (χ3v) is 3.01. The fourth-order valence-electron chi connectivity index (χ4n) is 2.30. The number of benzene rings is 1. The number of amides is 1. The number of carbonyl (C=O) groups is 2. The van der Waals surface area contributed by atoms with E-state index in [1.54, 1.807) is 11.0 Å². The molecule has 1 N–H and O–H groups in total. The highest BCUT2D eigenvalue weighted by Gasteiger charge is 2.36. The van der Waals surface area contributed by atoms with Gasteiger partial charge in [-0.05, 0) is 18.6 Å². The van der Waals surface area contributed by atoms with E-state index in [2.05, 4.69) is 0 Å². The summed E-state index contributed by atoms with van der Waals surface area (Å²) in [6, 6.07) is 7.09. The zero-order chi connectivity index (χ0) is 12.4. The molecular formula is C13H15NO3. The average Bonchev–Trinajstić information content (AvgIpc) is 2.55. The van der Waals surface area contributed by atoms with E-state index in [1.165, 1.54) is 6.92 Å². The molecule has 0 saturated heterocycles. The number of aliphatic hydroxyl groups is 1. The van der Waals surface area contributed by atoms with Gasteiger partial charge < -0.3 is 10.0 Å². The van der Waals surface area contributed by atoms with Crippen LogP contribution in [-0.4, -0.2) is 34.8 Å². The topological polar surface area (TPSA) is 57.6 Å². The molecule has 2 rings (SSSR count). The van der Waals surface area contributed by atoms with E-state index in [0.29, 0.717) is 12.0 Å². The Balaban J connectivity index is 2.38. The van der Waals surface area contributed by atoms with Crippen LogP contribution in [0.1, 0.15) is 35.3 Å². The van der Waals surface area contributed by atoms with E-state index in [0.717, 1.165) is 5.56 Å². The molecule has 1 amide bonds. The summed E-state index contributed by atoms with van der Waals surface area (Å²) < 4.78 is 0. The van der Waals surface area contributed by atoms with Gasteiger partial charge in [0.05, 0.1) is 12.6 Å². The van der Waals surface area contributed by atoms with Crippen LogP contribution in [-0.2, 0) is 4.79 Å². The molecule has 0 aliphatic carbocycles. The van der Waals surface area contributed by atoms with E-state index < -0.39 is 0 Å². The van der Waals surface area contributed by atoms with Crippen LogP contribution in [0, 0.1) is 0 Å². The van der Waals surface area contributed by atoms with E-state index in [1.807, 2.05) is 18.2 Å². The van der Waals surface area contributed by atoms with Crippen LogP contribution in [0.15, 0.2) is 24.3 Å². The van der Waals surface area contributed by atoms with E-state index in [4.69, 9.17) is 5.11 Å². The van der Waals surface area contributed by atoms with Crippen LogP contribution in [0.2, 0.25) is 0 Å². The fourth-order valence-corrected chi connectivity index (χ4v) is 2.30. The van der Waals surface area contributed by atoms with Gasteiger partial charge in [-0.25, -0.2) is 0 Å². The summed E-state index contributed by atoms with van der Waals surface area (Å²) in [5.41, 5.74) is 1.54. The zero-order valence-electron chi connectivity index (χ0n) is 9.72. The van der Waals surface area contributed by atoms with E-state index in [9.17, 15) is 9.59 Å². The average molecular weight is 233 g/mol. The maximum Gasteiger partial charge on any atom is 0.254 e. The summed E-state index contributed by atoms with van der Waals surface area (Å²) >= 11 is 0. The number of rotatable bonds is 4. The fraction of sp³-hybridized carbons (Fsp3) is 0.385. The molecule has 1 unspecified atom stereocenters. The number of Topliss-reactive ketones (excluding diaryl/α,β-unsaturated/α-hetero) is 1. The summed E-state index contributed by atoms with van der Waals surface area (Å²) in [5.74, 6) is -0.0525. The van der Waals surface area contributed by atoms with Crippen molar-refractivity contribution in [2.45, 2.75) is 19.4 Å². The molecule has 1 atom stereocenters. The van der Waals surface area contributed by atoms with Crippen molar-refractivity contribution in [3.8, 4) is 0 Å². The summed E-state index contributed by atoms with van der Waals surface area (Å²) in [6.07, 6.45) is 0.308. The largest absolute Gasteiger partial charge is 0.395 e. The molecule has 1 aliphatic rings. The Morgan fingerprint density at radius 2 is 2.12 bits per heavy atom. The van der Waals surface area contributed by atoms with Crippen LogP contribution >= 0.6 is 0 Å². The Kier molecular flexibility index (Phi) is 3.24. The Labute approximate surface area is 99.9 Å². The van der Waals surface area contributed by atoms with Gasteiger partial charge in [0.25, 0.3) is 5.91 Å². The summed E-state index contributed by atoms with van der Waals surface area (Å²) in [4.78, 5) is 24.9. The Bertz CT molecular complexity index is 456. The van der Waals surface area contributed by atoms with Gasteiger partial charge in [-0.1, -0.05) is 18.2 Å². The lowest BCUT2D eigenvalue weighted by Crippen LogP contribution is -2.31. The number of ketones is 1. The lowest BCUT2D eigenvalue weighted by molar-refractivity contribution is -0.118. The zero-order valence-corrected chi connectivity index (χ0v) is 9.72. The van der Waals surface area contributed by atoms with Crippen molar-refractivity contribution >= 4 is 11.7 Å². The van der Waals surface area contributed by atoms with Crippen molar-refractivity contribution in [3.05, 3.63) is 35.4 Å². The van der Waals surface area contributed by atoms with Crippen molar-refractivity contribution in [2.24, 2.45) is 0 Å². The minimum Gasteiger partial charge on any atom is -0.395 e. The first-order valence-corrected chi connectivity index (χ1v) is 5.65. The molecule has 4 nitrogen and oxygen atoms in total. The second-order valence-electron chi connectivity index (χ2n) is 4.23. The first-order chi connectivity index (χ1) is 8.15. The molecule has 4 heteroatoms. The lowest BCUT2D eigenvalue weighted by Gasteiger charge is -2.23. The van der Waals surface area contributed by atoms with Crippen molar-refractivity contribution in [3.63, 3.8) is 0 Å². The van der Waals surface area contributed by atoms with Gasteiger partial charge in [-0.2, -0.15) is 0 Å². The molecule has 17 heavy (non-hydrogen) atoms. The Hall–Kier alpha value is -1.68. The number of fused-ring (bicyclic) bond motifs is 1. The molecule has 0 fully saturated rings. The summed E-state index contributed by atoms with van der Waals surface area (Å²) in [7, 11) is 0. The van der Waals surface area contributed by atoms with Gasteiger partial charge in [0.1, 0.15) is 5.78 Å². The summed E-state index contributed by atoms with van der Waals surface area (Å²) in [6.45, 7) is 1.70. The predicted octanol–water partition coefficient (Wildman–Crippen LogP) is 1.15. The third-order valence-electron chi connectivity index (χ3n) is 3.01. The second kappa shape index (κ2) is 4.67. The molecule has 1 aromatic rings. The molecule has 0 saturated carbocycles. The highest BCUT2D eigenvalue weighted by Crippen LogP contribution is 2.35. The lowest BCUT2D eigenvalue weighted by atomic mass is 10.0. The van der Waals surface area contributed by atoms with E-state index >= 15 is 0 Å².